The number of nitrogens with one attached hydrogen (secondary N) is 1. The maximum atomic E-state index is 10.2. The summed E-state index contributed by atoms with van der Waals surface area (Å²) in [6.07, 6.45) is -1.03. The highest BCUT2D eigenvalue weighted by molar-refractivity contribution is 5.86. The van der Waals surface area contributed by atoms with E-state index in [1.54, 1.807) is 6.92 Å². The van der Waals surface area contributed by atoms with E-state index in [0.29, 0.717) is 6.61 Å². The zero-order valence-electron chi connectivity index (χ0n) is 6.74. The molecule has 0 aromatic heterocycles. The molecule has 0 aliphatic rings. The summed E-state index contributed by atoms with van der Waals surface area (Å²) in [5.74, 6) is -1.26. The molecule has 0 spiro atoms. The summed E-state index contributed by atoms with van der Waals surface area (Å²) >= 11 is 0. The van der Waals surface area contributed by atoms with Crippen molar-refractivity contribution < 1.29 is 14.6 Å². The van der Waals surface area contributed by atoms with Gasteiger partial charge >= 0.3 is 5.97 Å². The average Bonchev–Trinajstić information content (AvgIpc) is 1.86. The van der Waals surface area contributed by atoms with Gasteiger partial charge in [-0.1, -0.05) is 0 Å². The molecule has 1 unspecified atom stereocenters. The lowest BCUT2D eigenvalue weighted by Gasteiger charge is -2.11. The Morgan fingerprint density at radius 3 is 2.50 bits per heavy atom. The van der Waals surface area contributed by atoms with Crippen molar-refractivity contribution in [3.05, 3.63) is 0 Å². The second-order valence-corrected chi connectivity index (χ2v) is 2.00. The summed E-state index contributed by atoms with van der Waals surface area (Å²) in [7, 11) is 0. The second-order valence-electron chi connectivity index (χ2n) is 2.00. The minimum Gasteiger partial charge on any atom is -0.481 e. The van der Waals surface area contributed by atoms with E-state index in [9.17, 15) is 4.79 Å². The molecule has 6 heteroatoms. The standard InChI is InChI=1S/C6H12N2O3.ClH/c1-2-11-4(6(7)8)3-5(9)10;/h4H,2-3H2,1H3,(H3,7,8)(H,9,10);1H. The molecule has 0 fully saturated rings. The van der Waals surface area contributed by atoms with Crippen LogP contribution >= 0.6 is 12.4 Å². The number of carboxylic acids is 1. The number of aliphatic carboxylic acids is 1. The lowest BCUT2D eigenvalue weighted by Crippen LogP contribution is -2.32. The topological polar surface area (TPSA) is 96.4 Å². The van der Waals surface area contributed by atoms with Gasteiger partial charge in [0.25, 0.3) is 0 Å². The van der Waals surface area contributed by atoms with Gasteiger partial charge in [-0.2, -0.15) is 0 Å². The van der Waals surface area contributed by atoms with Crippen molar-refractivity contribution in [2.45, 2.75) is 19.4 Å². The van der Waals surface area contributed by atoms with Gasteiger partial charge in [-0.25, -0.2) is 0 Å². The zero-order valence-corrected chi connectivity index (χ0v) is 7.56. The van der Waals surface area contributed by atoms with E-state index < -0.39 is 12.1 Å². The Morgan fingerprint density at radius 2 is 2.25 bits per heavy atom. The number of nitrogens with two attached hydrogens (primary N) is 1. The highest BCUT2D eigenvalue weighted by Gasteiger charge is 2.15. The third-order valence-electron chi connectivity index (χ3n) is 1.07. The molecule has 0 heterocycles. The number of amidine groups is 1. The van der Waals surface area contributed by atoms with Crippen LogP contribution in [0.5, 0.6) is 0 Å². The van der Waals surface area contributed by atoms with Crippen LogP contribution in [0.25, 0.3) is 0 Å². The Labute approximate surface area is 76.8 Å². The van der Waals surface area contributed by atoms with Gasteiger partial charge in [-0.05, 0) is 6.92 Å². The lowest BCUT2D eigenvalue weighted by atomic mass is 10.2. The van der Waals surface area contributed by atoms with Gasteiger partial charge in [-0.3, -0.25) is 10.2 Å². The first-order chi connectivity index (χ1) is 5.07. The Balaban J connectivity index is 0. The number of carboxylic acid groups (broad SMARTS) is 1. The molecule has 72 valence electrons. The predicted molar refractivity (Wildman–Crippen MR) is 46.8 cm³/mol. The molecule has 4 N–H and O–H groups in total. The van der Waals surface area contributed by atoms with Gasteiger partial charge in [-0.15, -0.1) is 12.4 Å². The Hall–Kier alpha value is -0.810. The van der Waals surface area contributed by atoms with Crippen molar-refractivity contribution in [2.75, 3.05) is 6.61 Å². The van der Waals surface area contributed by atoms with Crippen LogP contribution in [0.3, 0.4) is 0 Å². The SMILES string of the molecule is CCOC(CC(=O)O)C(=N)N.Cl. The molecule has 1 atom stereocenters. The smallest absolute Gasteiger partial charge is 0.306 e. The maximum Gasteiger partial charge on any atom is 0.306 e. The van der Waals surface area contributed by atoms with Crippen LogP contribution in [-0.2, 0) is 9.53 Å². The zero-order chi connectivity index (χ0) is 8.85. The predicted octanol–water partition coefficient (Wildman–Crippen LogP) is 0.224. The first-order valence-electron chi connectivity index (χ1n) is 3.25. The van der Waals surface area contributed by atoms with Crippen molar-refractivity contribution >= 4 is 24.2 Å². The highest BCUT2D eigenvalue weighted by atomic mass is 35.5. The van der Waals surface area contributed by atoms with Crippen LogP contribution < -0.4 is 5.73 Å². The van der Waals surface area contributed by atoms with E-state index in [4.69, 9.17) is 21.0 Å². The van der Waals surface area contributed by atoms with Crippen molar-refractivity contribution in [1.82, 2.24) is 0 Å². The number of ether oxygens (including phenoxy) is 1. The molecule has 0 aliphatic carbocycles. The van der Waals surface area contributed by atoms with E-state index >= 15 is 0 Å². The number of carbonyl (C=O) groups is 1. The van der Waals surface area contributed by atoms with Gasteiger partial charge in [0.1, 0.15) is 11.9 Å². The quantitative estimate of drug-likeness (QED) is 0.433. The summed E-state index contributed by atoms with van der Waals surface area (Å²) in [5, 5.41) is 15.3. The van der Waals surface area contributed by atoms with E-state index in [2.05, 4.69) is 0 Å². The number of rotatable bonds is 5. The number of halogens is 1. The van der Waals surface area contributed by atoms with Crippen LogP contribution in [0, 0.1) is 5.41 Å². The van der Waals surface area contributed by atoms with Crippen LogP contribution in [0.1, 0.15) is 13.3 Å². The van der Waals surface area contributed by atoms with Gasteiger partial charge in [0.05, 0.1) is 6.42 Å². The molecule has 0 saturated heterocycles. The largest absolute Gasteiger partial charge is 0.481 e. The van der Waals surface area contributed by atoms with E-state index in [1.165, 1.54) is 0 Å². The van der Waals surface area contributed by atoms with Crippen molar-refractivity contribution in [3.63, 3.8) is 0 Å². The van der Waals surface area contributed by atoms with E-state index in [1.807, 2.05) is 0 Å². The Bertz CT molecular complexity index is 163. The summed E-state index contributed by atoms with van der Waals surface area (Å²) in [4.78, 5) is 10.2. The fourth-order valence-electron chi connectivity index (χ4n) is 0.618. The molecular weight excluding hydrogens is 184 g/mol. The van der Waals surface area contributed by atoms with E-state index in [0.717, 1.165) is 0 Å². The fraction of sp³-hybridized carbons (Fsp3) is 0.667. The monoisotopic (exact) mass is 196 g/mol. The van der Waals surface area contributed by atoms with Gasteiger partial charge < -0.3 is 15.6 Å². The van der Waals surface area contributed by atoms with Crippen molar-refractivity contribution in [3.8, 4) is 0 Å². The molecule has 0 aromatic carbocycles. The molecular formula is C6H13ClN2O3. The van der Waals surface area contributed by atoms with Gasteiger partial charge in [0.2, 0.25) is 0 Å². The van der Waals surface area contributed by atoms with E-state index in [-0.39, 0.29) is 24.7 Å². The highest BCUT2D eigenvalue weighted by Crippen LogP contribution is 1.97. The molecule has 0 amide bonds. The Kier molecular flexibility index (Phi) is 7.88. The normalized spacial score (nSPS) is 11.4. The van der Waals surface area contributed by atoms with Crippen LogP contribution in [0.2, 0.25) is 0 Å². The first kappa shape index (κ1) is 13.8. The van der Waals surface area contributed by atoms with Crippen LogP contribution in [0.4, 0.5) is 0 Å². The van der Waals surface area contributed by atoms with Gasteiger partial charge in [0.15, 0.2) is 0 Å². The molecule has 0 rings (SSSR count). The molecule has 0 aliphatic heterocycles. The van der Waals surface area contributed by atoms with Crippen LogP contribution in [-0.4, -0.2) is 29.6 Å². The third-order valence-corrected chi connectivity index (χ3v) is 1.07. The molecule has 0 saturated carbocycles. The molecule has 5 nitrogen and oxygen atoms in total. The second kappa shape index (κ2) is 6.87. The summed E-state index contributed by atoms with van der Waals surface area (Å²) in [6, 6.07) is 0. The summed E-state index contributed by atoms with van der Waals surface area (Å²) in [5.41, 5.74) is 5.07. The van der Waals surface area contributed by atoms with Crippen molar-refractivity contribution in [2.24, 2.45) is 5.73 Å². The first-order valence-corrected chi connectivity index (χ1v) is 3.25. The minimum atomic E-state index is -1.02. The molecule has 12 heavy (non-hydrogen) atoms. The fourth-order valence-corrected chi connectivity index (χ4v) is 0.618. The molecule has 0 aromatic rings. The molecule has 0 bridgehead atoms. The van der Waals surface area contributed by atoms with Crippen LogP contribution in [0.15, 0.2) is 0 Å². The Morgan fingerprint density at radius 1 is 1.75 bits per heavy atom. The van der Waals surface area contributed by atoms with Crippen molar-refractivity contribution in [1.29, 1.82) is 5.41 Å². The minimum absolute atomic E-state index is 0. The maximum absolute atomic E-state index is 10.2. The van der Waals surface area contributed by atoms with Gasteiger partial charge in [0, 0.05) is 6.61 Å². The third kappa shape index (κ3) is 5.94. The average molecular weight is 197 g/mol. The summed E-state index contributed by atoms with van der Waals surface area (Å²) < 4.78 is 4.88. The molecule has 0 radical (unpaired) electrons. The number of hydrogen-bond donors (Lipinski definition) is 3. The lowest BCUT2D eigenvalue weighted by molar-refractivity contribution is -0.139. The summed E-state index contributed by atoms with van der Waals surface area (Å²) in [6.45, 7) is 2.08. The number of hydrogen-bond acceptors (Lipinski definition) is 3.